The Balaban J connectivity index is 0.000000152. The molecule has 5 heterocycles. The first-order chi connectivity index (χ1) is 59.2. The van der Waals surface area contributed by atoms with Gasteiger partial charge in [-0.15, -0.1) is 0 Å². The monoisotopic (exact) mass is 1780 g/mol. The van der Waals surface area contributed by atoms with Crippen molar-refractivity contribution in [1.29, 1.82) is 0 Å². The molecule has 670 valence electrons. The number of para-hydroxylation sites is 1. The van der Waals surface area contributed by atoms with Gasteiger partial charge in [-0.1, -0.05) is 229 Å². The summed E-state index contributed by atoms with van der Waals surface area (Å²) >= 11 is 0. The molecule has 0 amide bonds. The van der Waals surface area contributed by atoms with Crippen LogP contribution in [0.3, 0.4) is 0 Å². The van der Waals surface area contributed by atoms with Crippen LogP contribution >= 0.6 is 42.9 Å². The standard InChI is InChI=1S/C25H36NOP.2C23H32NOP.C20H26NOP.C19H24NOP/c1-24(2,3)18-16-19(25(4,5)6)23(27)22(17-18)28-21-13-9-8-12-20(21)26-14-10-7-11-15-26;1-16-9-10-20(19(14-16)24-11-7-6-8-12-24)26-21-15-17(2)13-18(22(21)25)23(3,4)5;1-16-9-10-20(19(13-16)24-11-7-6-8-12-24)26-21-15-18(23(3,4)5)14-17(2)22(21)25;1-14-7-8-18(17(12-14)21-9-5-4-6-10-21)23-19-13-15(2)11-16(3)20(19)22;1-14-7-9-18(16(12-14)20-10-4-3-5-11-20)22-19-13-15(2)6-8-17(19)21/h8-9,12-13,16-17,27-28H,7,10-11,14-15H2,1-6H3;2*9-10,13-15,25-26H,6-8,11-12H2,1-5H3;7-8,11-13,22-23H,4-6,9-10H2,1-3H3;6-9,12-13,21-22H,3-5,10-11H2,1-2H3. The van der Waals surface area contributed by atoms with Crippen LogP contribution in [-0.2, 0) is 21.7 Å². The summed E-state index contributed by atoms with van der Waals surface area (Å²) in [7, 11) is 2.40. The molecular formula is C110H150N5O5P5. The molecule has 10 aromatic rings. The molecule has 0 bridgehead atoms. The Bertz CT molecular complexity index is 5200. The van der Waals surface area contributed by atoms with Crippen LogP contribution in [0.5, 0.6) is 28.7 Å². The highest BCUT2D eigenvalue weighted by Gasteiger charge is 2.29. The predicted octanol–water partition coefficient (Wildman–Crippen LogP) is 23.0. The number of piperidine rings is 5. The van der Waals surface area contributed by atoms with Gasteiger partial charge in [-0.05, 0) is 303 Å². The molecule has 5 saturated heterocycles. The van der Waals surface area contributed by atoms with E-state index in [-0.39, 0.29) is 21.7 Å². The maximum absolute atomic E-state index is 11.2. The topological polar surface area (TPSA) is 117 Å². The summed E-state index contributed by atoms with van der Waals surface area (Å²) in [5, 5.41) is 65.4. The Labute approximate surface area is 763 Å². The second-order valence-electron chi connectivity index (χ2n) is 40.3. The summed E-state index contributed by atoms with van der Waals surface area (Å²) in [6, 6.07) is 58.9. The molecule has 15 rings (SSSR count). The maximum Gasteiger partial charge on any atom is 0.127 e. The van der Waals surface area contributed by atoms with Gasteiger partial charge >= 0.3 is 0 Å². The highest BCUT2D eigenvalue weighted by atomic mass is 31.1. The highest BCUT2D eigenvalue weighted by Crippen LogP contribution is 2.41. The smallest absolute Gasteiger partial charge is 0.127 e. The largest absolute Gasteiger partial charge is 0.507 e. The zero-order valence-corrected chi connectivity index (χ0v) is 84.7. The van der Waals surface area contributed by atoms with Gasteiger partial charge < -0.3 is 50.0 Å². The second kappa shape index (κ2) is 44.1. The van der Waals surface area contributed by atoms with Crippen molar-refractivity contribution >= 4 is 124 Å². The van der Waals surface area contributed by atoms with Crippen LogP contribution in [0, 0.1) is 62.3 Å². The number of rotatable bonds is 15. The molecule has 5 N–H and O–H groups in total. The molecule has 10 nitrogen and oxygen atoms in total. The SMILES string of the molecule is CC(C)(C)c1cc(Pc2ccccc2N2CCCCC2)c(O)c(C(C)(C)C)c1.Cc1cc(C)c(O)c(Pc2ccc(C)cc2N2CCCCC2)c1.Cc1ccc(O)c(Pc2ccc(C)cc2N2CCCCC2)c1.Cc1ccc(Pc2cc(C(C)(C)C)cc(C)c2O)c(N2CCCCC2)c1.Cc1ccc(Pc2cc(C)cc(C(C)(C)C)c2O)c(N2CCCCC2)c1. The normalized spacial score (nSPS) is 15.8. The lowest BCUT2D eigenvalue weighted by Gasteiger charge is -2.31. The summed E-state index contributed by atoms with van der Waals surface area (Å²) in [6.45, 7) is 56.9. The number of hydrogen-bond acceptors (Lipinski definition) is 10. The van der Waals surface area contributed by atoms with Gasteiger partial charge in [-0.3, -0.25) is 0 Å². The average molecular weight is 1780 g/mol. The minimum atomic E-state index is -0.0863. The van der Waals surface area contributed by atoms with Crippen molar-refractivity contribution in [3.05, 3.63) is 236 Å². The maximum atomic E-state index is 11.2. The zero-order chi connectivity index (χ0) is 90.2. The molecular weight excluding hydrogens is 1630 g/mol. The summed E-state index contributed by atoms with van der Waals surface area (Å²) in [5.41, 5.74) is 22.3. The van der Waals surface area contributed by atoms with Gasteiger partial charge in [0.25, 0.3) is 0 Å². The fraction of sp³-hybridized carbons (Fsp3) is 0.455. The van der Waals surface area contributed by atoms with Crippen LogP contribution in [-0.4, -0.2) is 91.0 Å². The molecule has 0 aliphatic carbocycles. The van der Waals surface area contributed by atoms with Crippen molar-refractivity contribution in [2.24, 2.45) is 0 Å². The van der Waals surface area contributed by atoms with E-state index in [0.29, 0.717) is 71.7 Å². The minimum absolute atomic E-state index is 0.0549. The lowest BCUT2D eigenvalue weighted by molar-refractivity contribution is 0.448. The quantitative estimate of drug-likeness (QED) is 0.0635. The third-order valence-corrected chi connectivity index (χ3v) is 31.7. The van der Waals surface area contributed by atoms with E-state index in [4.69, 9.17) is 0 Å². The molecule has 10 aromatic carbocycles. The number of hydrogen-bond donors (Lipinski definition) is 5. The van der Waals surface area contributed by atoms with Gasteiger partial charge in [0.05, 0.1) is 0 Å². The number of nitrogens with zero attached hydrogens (tertiary/aromatic N) is 5. The number of anilines is 5. The van der Waals surface area contributed by atoms with E-state index < -0.39 is 0 Å². The third-order valence-electron chi connectivity index (χ3n) is 25.0. The fourth-order valence-corrected chi connectivity index (χ4v) is 24.4. The van der Waals surface area contributed by atoms with Gasteiger partial charge in [0, 0.05) is 158 Å². The molecule has 125 heavy (non-hydrogen) atoms. The number of aromatic hydroxyl groups is 5. The van der Waals surface area contributed by atoms with E-state index in [1.807, 2.05) is 32.0 Å². The molecule has 5 fully saturated rings. The van der Waals surface area contributed by atoms with Gasteiger partial charge in [0.2, 0.25) is 0 Å². The van der Waals surface area contributed by atoms with Crippen molar-refractivity contribution < 1.29 is 25.5 Å². The second-order valence-corrected chi connectivity index (χ2v) is 46.9. The molecule has 5 unspecified atom stereocenters. The van der Waals surface area contributed by atoms with Crippen molar-refractivity contribution in [2.75, 3.05) is 89.9 Å². The summed E-state index contributed by atoms with van der Waals surface area (Å²) < 4.78 is 0. The lowest BCUT2D eigenvalue weighted by atomic mass is 9.80. The van der Waals surface area contributed by atoms with Crippen molar-refractivity contribution in [3.63, 3.8) is 0 Å². The van der Waals surface area contributed by atoms with Gasteiger partial charge in [-0.2, -0.15) is 0 Å². The van der Waals surface area contributed by atoms with E-state index in [0.717, 1.165) is 114 Å². The molecule has 15 heteroatoms. The number of benzene rings is 10. The van der Waals surface area contributed by atoms with Crippen LogP contribution in [0.25, 0.3) is 0 Å². The Kier molecular flexibility index (Phi) is 34.6. The van der Waals surface area contributed by atoms with Gasteiger partial charge in [0.15, 0.2) is 0 Å². The Morgan fingerprint density at radius 2 is 0.480 bits per heavy atom. The Hall–Kier alpha value is -7.65. The molecule has 0 spiro atoms. The van der Waals surface area contributed by atoms with Crippen molar-refractivity contribution in [2.45, 2.75) is 263 Å². The predicted molar refractivity (Wildman–Crippen MR) is 558 cm³/mol. The minimum Gasteiger partial charge on any atom is -0.507 e. The molecule has 5 aliphatic rings. The Morgan fingerprint density at radius 3 is 0.840 bits per heavy atom. The van der Waals surface area contributed by atoms with E-state index in [1.54, 1.807) is 0 Å². The summed E-state index contributed by atoms with van der Waals surface area (Å²) in [4.78, 5) is 12.7. The third kappa shape index (κ3) is 27.2. The van der Waals surface area contributed by atoms with E-state index in [9.17, 15) is 25.5 Å². The lowest BCUT2D eigenvalue weighted by Crippen LogP contribution is -2.32. The number of phenols is 5. The zero-order valence-electron chi connectivity index (χ0n) is 79.7. The van der Waals surface area contributed by atoms with E-state index in [1.165, 1.54) is 201 Å². The van der Waals surface area contributed by atoms with Crippen LogP contribution in [0.2, 0.25) is 0 Å². The molecule has 5 aliphatic heterocycles. The van der Waals surface area contributed by atoms with Crippen LogP contribution in [0.15, 0.2) is 164 Å². The average Bonchev–Trinajstić information content (AvgIpc) is 0.783. The first-order valence-corrected chi connectivity index (χ1v) is 51.5. The van der Waals surface area contributed by atoms with Gasteiger partial charge in [0.1, 0.15) is 28.7 Å². The van der Waals surface area contributed by atoms with Crippen LogP contribution in [0.1, 0.15) is 252 Å². The summed E-state index contributed by atoms with van der Waals surface area (Å²) in [5.74, 6) is 2.29. The number of aryl methyl sites for hydroxylation is 9. The number of phenolic OH excluding ortho intramolecular Hbond substituents is 5. The Morgan fingerprint density at radius 1 is 0.216 bits per heavy atom. The highest BCUT2D eigenvalue weighted by molar-refractivity contribution is 7.57. The first kappa shape index (κ1) is 98.0. The van der Waals surface area contributed by atoms with E-state index >= 15 is 0 Å². The molecule has 0 saturated carbocycles. The fourth-order valence-electron chi connectivity index (χ4n) is 17.6. The molecule has 0 aromatic heterocycles. The van der Waals surface area contributed by atoms with Crippen molar-refractivity contribution in [3.8, 4) is 28.7 Å². The summed E-state index contributed by atoms with van der Waals surface area (Å²) in [6.07, 6.45) is 19.5. The first-order valence-electron chi connectivity index (χ1n) is 46.5. The molecule has 0 radical (unpaired) electrons. The molecule has 5 atom stereocenters. The van der Waals surface area contributed by atoms with Gasteiger partial charge in [-0.25, -0.2) is 0 Å². The van der Waals surface area contributed by atoms with Crippen LogP contribution in [0.4, 0.5) is 28.4 Å². The van der Waals surface area contributed by atoms with Crippen molar-refractivity contribution in [1.82, 2.24) is 0 Å². The van der Waals surface area contributed by atoms with E-state index in [2.05, 4.69) is 302 Å². The van der Waals surface area contributed by atoms with Crippen LogP contribution < -0.4 is 77.5 Å².